The van der Waals surface area contributed by atoms with Crippen molar-refractivity contribution in [2.24, 2.45) is 0 Å². The van der Waals surface area contributed by atoms with Crippen LogP contribution >= 0.6 is 15.9 Å². The van der Waals surface area contributed by atoms with Gasteiger partial charge in [-0.15, -0.1) is 0 Å². The fourth-order valence-corrected chi connectivity index (χ4v) is 1.87. The third-order valence-electron chi connectivity index (χ3n) is 2.37. The van der Waals surface area contributed by atoms with Crippen LogP contribution in [0.1, 0.15) is 10.4 Å². The zero-order chi connectivity index (χ0) is 12.4. The minimum absolute atomic E-state index is 0.184. The molecule has 0 saturated carbocycles. The summed E-state index contributed by atoms with van der Waals surface area (Å²) in [6.45, 7) is 0. The van der Waals surface area contributed by atoms with Crippen LogP contribution in [0.3, 0.4) is 0 Å². The Labute approximate surface area is 106 Å². The van der Waals surface area contributed by atoms with E-state index in [1.165, 1.54) is 18.2 Å². The molecule has 0 aliphatic carbocycles. The van der Waals surface area contributed by atoms with Gasteiger partial charge in [-0.1, -0.05) is 28.1 Å². The molecule has 0 bridgehead atoms. The molecule has 86 valence electrons. The third kappa shape index (κ3) is 2.53. The fourth-order valence-electron chi connectivity index (χ4n) is 1.51. The Bertz CT molecular complexity index is 564. The zero-order valence-electron chi connectivity index (χ0n) is 8.65. The molecule has 0 heterocycles. The standard InChI is InChI=1S/C13H8BrFO2/c14-10-5-6-12(15)11(7-10)8-1-3-9(4-2-8)13(16)17/h1-7H,(H,16,17). The Kier molecular flexibility index (Phi) is 3.24. The quantitative estimate of drug-likeness (QED) is 0.910. The van der Waals surface area contributed by atoms with Crippen LogP contribution in [0.2, 0.25) is 0 Å². The van der Waals surface area contributed by atoms with E-state index in [2.05, 4.69) is 15.9 Å². The van der Waals surface area contributed by atoms with Gasteiger partial charge in [-0.25, -0.2) is 9.18 Å². The molecule has 0 atom stereocenters. The second kappa shape index (κ2) is 4.67. The number of carbonyl (C=O) groups is 1. The number of hydrogen-bond acceptors (Lipinski definition) is 1. The van der Waals surface area contributed by atoms with Gasteiger partial charge in [-0.2, -0.15) is 0 Å². The van der Waals surface area contributed by atoms with Crippen LogP contribution in [0.4, 0.5) is 4.39 Å². The molecular formula is C13H8BrFO2. The predicted octanol–water partition coefficient (Wildman–Crippen LogP) is 3.95. The van der Waals surface area contributed by atoms with Gasteiger partial charge < -0.3 is 5.11 Å². The van der Waals surface area contributed by atoms with Crippen molar-refractivity contribution < 1.29 is 14.3 Å². The molecule has 0 fully saturated rings. The number of aromatic carboxylic acids is 1. The van der Waals surface area contributed by atoms with E-state index in [0.29, 0.717) is 11.1 Å². The molecule has 0 unspecified atom stereocenters. The van der Waals surface area contributed by atoms with Crippen molar-refractivity contribution in [3.63, 3.8) is 0 Å². The van der Waals surface area contributed by atoms with E-state index < -0.39 is 5.97 Å². The van der Waals surface area contributed by atoms with Gasteiger partial charge in [-0.05, 0) is 35.9 Å². The van der Waals surface area contributed by atoms with E-state index in [4.69, 9.17) is 5.11 Å². The molecule has 1 N–H and O–H groups in total. The summed E-state index contributed by atoms with van der Waals surface area (Å²) in [6, 6.07) is 10.7. The summed E-state index contributed by atoms with van der Waals surface area (Å²) in [6.07, 6.45) is 0. The van der Waals surface area contributed by atoms with E-state index in [0.717, 1.165) is 4.47 Å². The van der Waals surface area contributed by atoms with Crippen molar-refractivity contribution in [2.75, 3.05) is 0 Å². The number of benzene rings is 2. The topological polar surface area (TPSA) is 37.3 Å². The van der Waals surface area contributed by atoms with Crippen LogP contribution in [-0.2, 0) is 0 Å². The van der Waals surface area contributed by atoms with Crippen molar-refractivity contribution in [2.45, 2.75) is 0 Å². The van der Waals surface area contributed by atoms with Crippen molar-refractivity contribution in [1.29, 1.82) is 0 Å². The van der Waals surface area contributed by atoms with Crippen molar-refractivity contribution >= 4 is 21.9 Å². The average molecular weight is 295 g/mol. The minimum Gasteiger partial charge on any atom is -0.478 e. The first-order valence-electron chi connectivity index (χ1n) is 4.87. The molecule has 0 radical (unpaired) electrons. The molecule has 0 saturated heterocycles. The van der Waals surface area contributed by atoms with Crippen LogP contribution in [0.25, 0.3) is 11.1 Å². The summed E-state index contributed by atoms with van der Waals surface area (Å²) in [7, 11) is 0. The van der Waals surface area contributed by atoms with Crippen LogP contribution in [0.5, 0.6) is 0 Å². The lowest BCUT2D eigenvalue weighted by molar-refractivity contribution is 0.0697. The van der Waals surface area contributed by atoms with E-state index in [1.54, 1.807) is 24.3 Å². The molecule has 17 heavy (non-hydrogen) atoms. The highest BCUT2D eigenvalue weighted by Gasteiger charge is 2.07. The number of rotatable bonds is 2. The number of halogens is 2. The molecule has 0 spiro atoms. The lowest BCUT2D eigenvalue weighted by Crippen LogP contribution is -1.95. The molecule has 2 aromatic carbocycles. The van der Waals surface area contributed by atoms with Gasteiger partial charge in [-0.3, -0.25) is 0 Å². The highest BCUT2D eigenvalue weighted by Crippen LogP contribution is 2.26. The molecule has 0 amide bonds. The van der Waals surface area contributed by atoms with Gasteiger partial charge in [0.1, 0.15) is 5.82 Å². The zero-order valence-corrected chi connectivity index (χ0v) is 10.2. The van der Waals surface area contributed by atoms with E-state index in [9.17, 15) is 9.18 Å². The summed E-state index contributed by atoms with van der Waals surface area (Å²) in [5, 5.41) is 8.76. The highest BCUT2D eigenvalue weighted by molar-refractivity contribution is 9.10. The second-order valence-electron chi connectivity index (χ2n) is 3.51. The smallest absolute Gasteiger partial charge is 0.335 e. The Balaban J connectivity index is 2.46. The summed E-state index contributed by atoms with van der Waals surface area (Å²) in [5.74, 6) is -1.33. The first-order chi connectivity index (χ1) is 8.08. The first-order valence-corrected chi connectivity index (χ1v) is 5.66. The summed E-state index contributed by atoms with van der Waals surface area (Å²) >= 11 is 3.27. The van der Waals surface area contributed by atoms with Gasteiger partial charge in [0.05, 0.1) is 5.56 Å². The van der Waals surface area contributed by atoms with Gasteiger partial charge in [0, 0.05) is 10.0 Å². The normalized spacial score (nSPS) is 10.2. The molecule has 2 nitrogen and oxygen atoms in total. The molecular weight excluding hydrogens is 287 g/mol. The molecule has 0 aliphatic heterocycles. The Morgan fingerprint density at radius 3 is 2.35 bits per heavy atom. The highest BCUT2D eigenvalue weighted by atomic mass is 79.9. The number of carboxylic acids is 1. The van der Waals surface area contributed by atoms with Gasteiger partial charge >= 0.3 is 5.97 Å². The van der Waals surface area contributed by atoms with Crippen LogP contribution < -0.4 is 0 Å². The Hall–Kier alpha value is -1.68. The lowest BCUT2D eigenvalue weighted by atomic mass is 10.0. The van der Waals surface area contributed by atoms with Gasteiger partial charge in [0.25, 0.3) is 0 Å². The van der Waals surface area contributed by atoms with Crippen LogP contribution in [0.15, 0.2) is 46.9 Å². The van der Waals surface area contributed by atoms with Crippen molar-refractivity contribution in [1.82, 2.24) is 0 Å². The van der Waals surface area contributed by atoms with Crippen molar-refractivity contribution in [3.8, 4) is 11.1 Å². The van der Waals surface area contributed by atoms with E-state index >= 15 is 0 Å². The molecule has 2 aromatic rings. The van der Waals surface area contributed by atoms with Gasteiger partial charge in [0.15, 0.2) is 0 Å². The maximum atomic E-state index is 13.6. The summed E-state index contributed by atoms with van der Waals surface area (Å²) in [4.78, 5) is 10.7. The van der Waals surface area contributed by atoms with E-state index in [-0.39, 0.29) is 11.4 Å². The predicted molar refractivity (Wildman–Crippen MR) is 66.5 cm³/mol. The number of carboxylic acid groups (broad SMARTS) is 1. The maximum Gasteiger partial charge on any atom is 0.335 e. The first kappa shape index (κ1) is 11.8. The molecule has 2 rings (SSSR count). The van der Waals surface area contributed by atoms with Crippen LogP contribution in [0, 0.1) is 5.82 Å². The SMILES string of the molecule is O=C(O)c1ccc(-c2cc(Br)ccc2F)cc1. The van der Waals surface area contributed by atoms with Crippen LogP contribution in [-0.4, -0.2) is 11.1 Å². The maximum absolute atomic E-state index is 13.6. The third-order valence-corrected chi connectivity index (χ3v) is 2.86. The molecule has 0 aromatic heterocycles. The largest absolute Gasteiger partial charge is 0.478 e. The Morgan fingerprint density at radius 2 is 1.76 bits per heavy atom. The second-order valence-corrected chi connectivity index (χ2v) is 4.42. The van der Waals surface area contributed by atoms with Crippen molar-refractivity contribution in [3.05, 3.63) is 58.3 Å². The monoisotopic (exact) mass is 294 g/mol. The molecule has 0 aliphatic rings. The van der Waals surface area contributed by atoms with Gasteiger partial charge in [0.2, 0.25) is 0 Å². The average Bonchev–Trinajstić information content (AvgIpc) is 2.32. The number of hydrogen-bond donors (Lipinski definition) is 1. The fraction of sp³-hybridized carbons (Fsp3) is 0. The summed E-state index contributed by atoms with van der Waals surface area (Å²) in [5.41, 5.74) is 1.27. The lowest BCUT2D eigenvalue weighted by Gasteiger charge is -2.04. The Morgan fingerprint density at radius 1 is 1.12 bits per heavy atom. The van der Waals surface area contributed by atoms with E-state index in [1.807, 2.05) is 0 Å². The summed E-state index contributed by atoms with van der Waals surface area (Å²) < 4.78 is 14.4. The minimum atomic E-state index is -0.994. The molecule has 4 heteroatoms.